The van der Waals surface area contributed by atoms with Gasteiger partial charge >= 0.3 is 6.18 Å². The molecular weight excluding hydrogens is 403 g/mol. The van der Waals surface area contributed by atoms with Crippen LogP contribution in [0.25, 0.3) is 5.78 Å². The SMILES string of the molecule is Cc1cc(C)n2nc(SCC(=O)Nc3ccc(Cl)cc3C(F)(F)F)nc2n1. The lowest BCUT2D eigenvalue weighted by Gasteiger charge is -2.13. The maximum absolute atomic E-state index is 13.1. The van der Waals surface area contributed by atoms with Crippen LogP contribution in [0.3, 0.4) is 0 Å². The van der Waals surface area contributed by atoms with Crippen LogP contribution in [0.1, 0.15) is 17.0 Å². The molecule has 1 amide bonds. The maximum Gasteiger partial charge on any atom is 0.418 e. The van der Waals surface area contributed by atoms with Crippen LogP contribution in [0, 0.1) is 13.8 Å². The van der Waals surface area contributed by atoms with Gasteiger partial charge in [-0.3, -0.25) is 4.79 Å². The first-order chi connectivity index (χ1) is 12.6. The van der Waals surface area contributed by atoms with Crippen molar-refractivity contribution in [2.24, 2.45) is 0 Å². The van der Waals surface area contributed by atoms with Crippen molar-refractivity contribution in [3.05, 3.63) is 46.2 Å². The molecule has 27 heavy (non-hydrogen) atoms. The van der Waals surface area contributed by atoms with E-state index >= 15 is 0 Å². The Kier molecular flexibility index (Phi) is 5.29. The summed E-state index contributed by atoms with van der Waals surface area (Å²) in [6, 6.07) is 5.00. The molecule has 1 N–H and O–H groups in total. The predicted molar refractivity (Wildman–Crippen MR) is 96.1 cm³/mol. The van der Waals surface area contributed by atoms with Crippen molar-refractivity contribution < 1.29 is 18.0 Å². The summed E-state index contributed by atoms with van der Waals surface area (Å²) in [4.78, 5) is 20.5. The van der Waals surface area contributed by atoms with E-state index in [1.165, 1.54) is 10.6 Å². The molecule has 2 aromatic heterocycles. The number of hydrogen-bond acceptors (Lipinski definition) is 5. The predicted octanol–water partition coefficient (Wildman–Crippen LogP) is 4.14. The molecule has 0 bridgehead atoms. The van der Waals surface area contributed by atoms with Crippen LogP contribution in [-0.4, -0.2) is 31.2 Å². The van der Waals surface area contributed by atoms with Gasteiger partial charge in [-0.25, -0.2) is 9.50 Å². The van der Waals surface area contributed by atoms with E-state index in [-0.39, 0.29) is 16.5 Å². The third-order valence-electron chi connectivity index (χ3n) is 3.49. The molecule has 11 heteroatoms. The lowest BCUT2D eigenvalue weighted by Crippen LogP contribution is -2.18. The zero-order chi connectivity index (χ0) is 19.8. The molecule has 0 spiro atoms. The van der Waals surface area contributed by atoms with Crippen molar-refractivity contribution in [2.75, 3.05) is 11.1 Å². The van der Waals surface area contributed by atoms with E-state index < -0.39 is 17.6 Å². The van der Waals surface area contributed by atoms with Crippen LogP contribution in [0.2, 0.25) is 5.02 Å². The average Bonchev–Trinajstić information content (AvgIpc) is 2.97. The third kappa shape index (κ3) is 4.51. The Bertz CT molecular complexity index is 1020. The Hall–Kier alpha value is -2.33. The maximum atomic E-state index is 13.1. The number of rotatable bonds is 4. The standard InChI is InChI=1S/C16H13ClF3N5OS/c1-8-5-9(2)25-14(21-8)23-15(24-25)27-7-13(26)22-12-4-3-10(17)6-11(12)16(18,19)20/h3-6H,7H2,1-2H3,(H,22,26). The van der Waals surface area contributed by atoms with E-state index in [1.54, 1.807) is 0 Å². The first-order valence-corrected chi connectivity index (χ1v) is 9.00. The number of anilines is 1. The summed E-state index contributed by atoms with van der Waals surface area (Å²) in [7, 11) is 0. The van der Waals surface area contributed by atoms with Crippen molar-refractivity contribution >= 4 is 40.7 Å². The Labute approximate surface area is 161 Å². The number of halogens is 4. The number of carbonyl (C=O) groups excluding carboxylic acids is 1. The minimum Gasteiger partial charge on any atom is -0.325 e. The summed E-state index contributed by atoms with van der Waals surface area (Å²) in [6.07, 6.45) is -4.63. The molecule has 0 unspecified atom stereocenters. The third-order valence-corrected chi connectivity index (χ3v) is 4.57. The van der Waals surface area contributed by atoms with Gasteiger partial charge in [-0.2, -0.15) is 18.2 Å². The van der Waals surface area contributed by atoms with Crippen molar-refractivity contribution in [1.29, 1.82) is 0 Å². The highest BCUT2D eigenvalue weighted by atomic mass is 35.5. The number of amides is 1. The zero-order valence-electron chi connectivity index (χ0n) is 14.1. The van der Waals surface area contributed by atoms with Crippen LogP contribution >= 0.6 is 23.4 Å². The lowest BCUT2D eigenvalue weighted by atomic mass is 10.1. The summed E-state index contributed by atoms with van der Waals surface area (Å²) in [5.74, 6) is -0.380. The highest BCUT2D eigenvalue weighted by Gasteiger charge is 2.34. The molecule has 3 rings (SSSR count). The molecule has 0 aliphatic heterocycles. The second kappa shape index (κ2) is 7.35. The van der Waals surface area contributed by atoms with E-state index in [4.69, 9.17) is 11.6 Å². The summed E-state index contributed by atoms with van der Waals surface area (Å²) in [6.45, 7) is 3.67. The monoisotopic (exact) mass is 415 g/mol. The van der Waals surface area contributed by atoms with Crippen molar-refractivity contribution in [2.45, 2.75) is 25.2 Å². The number of nitrogens with one attached hydrogen (secondary N) is 1. The minimum atomic E-state index is -4.63. The van der Waals surface area contributed by atoms with Crippen molar-refractivity contribution in [3.8, 4) is 0 Å². The minimum absolute atomic E-state index is 0.0678. The molecule has 142 valence electrons. The molecule has 6 nitrogen and oxygen atoms in total. The molecule has 0 atom stereocenters. The largest absolute Gasteiger partial charge is 0.418 e. The van der Waals surface area contributed by atoms with Gasteiger partial charge in [0.25, 0.3) is 5.78 Å². The second-order valence-electron chi connectivity index (χ2n) is 5.67. The Morgan fingerprint density at radius 1 is 1.26 bits per heavy atom. The Morgan fingerprint density at radius 2 is 2.00 bits per heavy atom. The van der Waals surface area contributed by atoms with Gasteiger partial charge in [-0.15, -0.1) is 5.10 Å². The van der Waals surface area contributed by atoms with Crippen LogP contribution in [-0.2, 0) is 11.0 Å². The van der Waals surface area contributed by atoms with E-state index in [0.717, 1.165) is 35.3 Å². The molecule has 0 fully saturated rings. The average molecular weight is 416 g/mol. The van der Waals surface area contributed by atoms with Crippen molar-refractivity contribution in [3.63, 3.8) is 0 Å². The number of carbonyl (C=O) groups is 1. The number of alkyl halides is 3. The summed E-state index contributed by atoms with van der Waals surface area (Å²) < 4.78 is 40.8. The number of aromatic nitrogens is 4. The summed E-state index contributed by atoms with van der Waals surface area (Å²) in [5.41, 5.74) is 0.254. The van der Waals surface area contributed by atoms with Gasteiger partial charge in [0.1, 0.15) is 0 Å². The Morgan fingerprint density at radius 3 is 2.70 bits per heavy atom. The number of fused-ring (bicyclic) bond motifs is 1. The van der Waals surface area contributed by atoms with Crippen LogP contribution in [0.4, 0.5) is 18.9 Å². The van der Waals surface area contributed by atoms with E-state index in [2.05, 4.69) is 20.4 Å². The van der Waals surface area contributed by atoms with E-state index in [1.807, 2.05) is 19.9 Å². The van der Waals surface area contributed by atoms with Gasteiger partial charge in [0.15, 0.2) is 0 Å². The zero-order valence-corrected chi connectivity index (χ0v) is 15.7. The van der Waals surface area contributed by atoms with Gasteiger partial charge in [0.2, 0.25) is 11.1 Å². The molecule has 0 saturated heterocycles. The fourth-order valence-electron chi connectivity index (χ4n) is 2.39. The molecule has 1 aromatic carbocycles. The number of benzene rings is 1. The summed E-state index contributed by atoms with van der Waals surface area (Å²) >= 11 is 6.62. The number of aryl methyl sites for hydroxylation is 2. The normalized spacial score (nSPS) is 11.8. The fraction of sp³-hybridized carbons (Fsp3) is 0.250. The van der Waals surface area contributed by atoms with Gasteiger partial charge in [0, 0.05) is 16.4 Å². The molecular formula is C16H13ClF3N5OS. The number of nitrogens with zero attached hydrogens (tertiary/aromatic N) is 4. The van der Waals surface area contributed by atoms with Crippen LogP contribution in [0.5, 0.6) is 0 Å². The molecule has 2 heterocycles. The van der Waals surface area contributed by atoms with E-state index in [0.29, 0.717) is 10.9 Å². The first-order valence-electron chi connectivity index (χ1n) is 7.64. The quantitative estimate of drug-likeness (QED) is 0.648. The highest BCUT2D eigenvalue weighted by molar-refractivity contribution is 7.99. The van der Waals surface area contributed by atoms with Crippen LogP contribution in [0.15, 0.2) is 29.4 Å². The number of thioether (sulfide) groups is 1. The van der Waals surface area contributed by atoms with Crippen molar-refractivity contribution in [1.82, 2.24) is 19.6 Å². The van der Waals surface area contributed by atoms with Gasteiger partial charge < -0.3 is 5.32 Å². The number of hydrogen-bond donors (Lipinski definition) is 1. The highest BCUT2D eigenvalue weighted by Crippen LogP contribution is 2.36. The van der Waals surface area contributed by atoms with Gasteiger partial charge in [-0.1, -0.05) is 23.4 Å². The summed E-state index contributed by atoms with van der Waals surface area (Å²) in [5, 5.41) is 6.72. The topological polar surface area (TPSA) is 72.2 Å². The molecule has 0 aliphatic carbocycles. The molecule has 0 saturated carbocycles. The molecule has 0 aliphatic rings. The van der Waals surface area contributed by atoms with Gasteiger partial charge in [-0.05, 0) is 38.1 Å². The lowest BCUT2D eigenvalue weighted by molar-refractivity contribution is -0.137. The first kappa shape index (κ1) is 19.4. The fourth-order valence-corrected chi connectivity index (χ4v) is 3.18. The molecule has 0 radical (unpaired) electrons. The van der Waals surface area contributed by atoms with Crippen LogP contribution < -0.4 is 5.32 Å². The smallest absolute Gasteiger partial charge is 0.325 e. The van der Waals surface area contributed by atoms with Gasteiger partial charge in [0.05, 0.1) is 17.0 Å². The second-order valence-corrected chi connectivity index (χ2v) is 7.05. The Balaban J connectivity index is 1.71. The van der Waals surface area contributed by atoms with E-state index in [9.17, 15) is 18.0 Å². The molecule has 3 aromatic rings.